The first-order chi connectivity index (χ1) is 9.10. The summed E-state index contributed by atoms with van der Waals surface area (Å²) in [5.74, 6) is 4.46. The molecule has 0 fully saturated rings. The van der Waals surface area contributed by atoms with Crippen molar-refractivity contribution < 1.29 is 4.79 Å². The molecule has 2 heterocycles. The van der Waals surface area contributed by atoms with E-state index in [1.165, 1.54) is 21.6 Å². The Morgan fingerprint density at radius 1 is 1.47 bits per heavy atom. The van der Waals surface area contributed by atoms with Crippen LogP contribution in [-0.2, 0) is 13.1 Å². The minimum atomic E-state index is -0.517. The largest absolute Gasteiger partial charge is 0.289 e. The van der Waals surface area contributed by atoms with Gasteiger partial charge in [0.05, 0.1) is 25.5 Å². The monoisotopic (exact) mass is 263 g/mol. The minimum Gasteiger partial charge on any atom is -0.289 e. The van der Waals surface area contributed by atoms with E-state index in [0.717, 1.165) is 5.56 Å². The Kier molecular flexibility index (Phi) is 3.66. The van der Waals surface area contributed by atoms with Crippen LogP contribution in [0, 0.1) is 6.92 Å². The van der Waals surface area contributed by atoms with Crippen molar-refractivity contribution in [1.29, 1.82) is 0 Å². The Hall–Kier alpha value is -2.55. The molecule has 0 saturated heterocycles. The van der Waals surface area contributed by atoms with E-state index in [9.17, 15) is 9.59 Å². The van der Waals surface area contributed by atoms with E-state index >= 15 is 0 Å². The van der Waals surface area contributed by atoms with Gasteiger partial charge in [0.1, 0.15) is 0 Å². The van der Waals surface area contributed by atoms with Crippen molar-refractivity contribution in [3.63, 3.8) is 0 Å². The second kappa shape index (κ2) is 5.40. The summed E-state index contributed by atoms with van der Waals surface area (Å²) in [7, 11) is 0. The normalized spacial score (nSPS) is 10.4. The highest BCUT2D eigenvalue weighted by Crippen LogP contribution is 1.93. The summed E-state index contributed by atoms with van der Waals surface area (Å²) in [5.41, 5.74) is 2.71. The van der Waals surface area contributed by atoms with Gasteiger partial charge in [0.15, 0.2) is 5.69 Å². The Morgan fingerprint density at radius 2 is 2.26 bits per heavy atom. The maximum atomic E-state index is 11.6. The van der Waals surface area contributed by atoms with Gasteiger partial charge < -0.3 is 0 Å². The number of nitrogen functional groups attached to an aromatic ring is 1. The standard InChI is InChI=1S/C10H13N7O2/c1-7-4-9(18)17(12-5-7)3-2-16-6-8(14-15-16)10(19)13-11/h4-6H,2-3,11H2,1H3,(H,13,19). The van der Waals surface area contributed by atoms with Crippen LogP contribution in [0.1, 0.15) is 16.1 Å². The van der Waals surface area contributed by atoms with Gasteiger partial charge >= 0.3 is 0 Å². The summed E-state index contributed by atoms with van der Waals surface area (Å²) in [6.07, 6.45) is 3.05. The lowest BCUT2D eigenvalue weighted by atomic mass is 10.3. The molecule has 0 atom stereocenters. The second-order valence-corrected chi connectivity index (χ2v) is 3.93. The van der Waals surface area contributed by atoms with Crippen LogP contribution >= 0.6 is 0 Å². The molecule has 0 spiro atoms. The Labute approximate surface area is 108 Å². The number of hydrogen-bond acceptors (Lipinski definition) is 6. The van der Waals surface area contributed by atoms with Crippen LogP contribution in [0.5, 0.6) is 0 Å². The third-order valence-corrected chi connectivity index (χ3v) is 2.45. The highest BCUT2D eigenvalue weighted by atomic mass is 16.2. The molecule has 0 bridgehead atoms. The third-order valence-electron chi connectivity index (χ3n) is 2.45. The number of amides is 1. The maximum absolute atomic E-state index is 11.6. The highest BCUT2D eigenvalue weighted by Gasteiger charge is 2.08. The molecule has 100 valence electrons. The predicted octanol–water partition coefficient (Wildman–Crippen LogP) is -1.55. The van der Waals surface area contributed by atoms with Crippen molar-refractivity contribution in [2.75, 3.05) is 0 Å². The number of aryl methyl sites for hydroxylation is 3. The van der Waals surface area contributed by atoms with Crippen LogP contribution < -0.4 is 16.8 Å². The van der Waals surface area contributed by atoms with Crippen LogP contribution in [0.15, 0.2) is 23.3 Å². The van der Waals surface area contributed by atoms with Crippen LogP contribution in [-0.4, -0.2) is 30.7 Å². The molecule has 0 radical (unpaired) electrons. The molecule has 3 N–H and O–H groups in total. The average molecular weight is 263 g/mol. The number of nitrogens with zero attached hydrogens (tertiary/aromatic N) is 5. The fraction of sp³-hybridized carbons (Fsp3) is 0.300. The Bertz CT molecular complexity index is 645. The molecular weight excluding hydrogens is 250 g/mol. The first kappa shape index (κ1) is 12.9. The number of nitrogens with one attached hydrogen (secondary N) is 1. The number of rotatable bonds is 4. The van der Waals surface area contributed by atoms with E-state index in [-0.39, 0.29) is 11.3 Å². The fourth-order valence-electron chi connectivity index (χ4n) is 1.47. The summed E-state index contributed by atoms with van der Waals surface area (Å²) >= 11 is 0. The molecule has 0 aromatic carbocycles. The molecule has 0 unspecified atom stereocenters. The van der Waals surface area contributed by atoms with Gasteiger partial charge in [-0.2, -0.15) is 5.10 Å². The van der Waals surface area contributed by atoms with Gasteiger partial charge in [-0.1, -0.05) is 5.21 Å². The number of carbonyl (C=O) groups excluding carboxylic acids is 1. The molecule has 9 nitrogen and oxygen atoms in total. The zero-order valence-electron chi connectivity index (χ0n) is 10.3. The quantitative estimate of drug-likeness (QED) is 0.391. The summed E-state index contributed by atoms with van der Waals surface area (Å²) in [5, 5.41) is 11.4. The van der Waals surface area contributed by atoms with Crippen LogP contribution in [0.3, 0.4) is 0 Å². The van der Waals surface area contributed by atoms with Gasteiger partial charge in [0.25, 0.3) is 11.5 Å². The van der Waals surface area contributed by atoms with Gasteiger partial charge in [-0.25, -0.2) is 15.2 Å². The number of carbonyl (C=O) groups is 1. The predicted molar refractivity (Wildman–Crippen MR) is 64.9 cm³/mol. The first-order valence-corrected chi connectivity index (χ1v) is 5.55. The lowest BCUT2D eigenvalue weighted by Crippen LogP contribution is -2.30. The number of hydrogen-bond donors (Lipinski definition) is 2. The first-order valence-electron chi connectivity index (χ1n) is 5.55. The summed E-state index contributed by atoms with van der Waals surface area (Å²) < 4.78 is 2.76. The minimum absolute atomic E-state index is 0.117. The fourth-order valence-corrected chi connectivity index (χ4v) is 1.47. The van der Waals surface area contributed by atoms with Crippen molar-refractivity contribution in [3.05, 3.63) is 40.1 Å². The van der Waals surface area contributed by atoms with Crippen LogP contribution in [0.2, 0.25) is 0 Å². The van der Waals surface area contributed by atoms with E-state index in [2.05, 4.69) is 15.4 Å². The second-order valence-electron chi connectivity index (χ2n) is 3.93. The van der Waals surface area contributed by atoms with Crippen molar-refractivity contribution in [2.24, 2.45) is 5.84 Å². The number of aromatic nitrogens is 5. The van der Waals surface area contributed by atoms with Gasteiger partial charge in [0.2, 0.25) is 0 Å². The molecule has 0 aliphatic heterocycles. The van der Waals surface area contributed by atoms with E-state index in [1.54, 1.807) is 13.1 Å². The van der Waals surface area contributed by atoms with Crippen LogP contribution in [0.4, 0.5) is 0 Å². The van der Waals surface area contributed by atoms with E-state index < -0.39 is 5.91 Å². The molecule has 2 rings (SSSR count). The maximum Gasteiger partial charge on any atom is 0.287 e. The molecule has 0 aliphatic carbocycles. The average Bonchev–Trinajstić information content (AvgIpc) is 2.85. The molecule has 2 aromatic rings. The van der Waals surface area contributed by atoms with E-state index in [0.29, 0.717) is 13.1 Å². The van der Waals surface area contributed by atoms with E-state index in [4.69, 9.17) is 5.84 Å². The number of nitrogens with two attached hydrogens (primary N) is 1. The van der Waals surface area contributed by atoms with Gasteiger partial charge in [-0.15, -0.1) is 5.10 Å². The van der Waals surface area contributed by atoms with Crippen LogP contribution in [0.25, 0.3) is 0 Å². The SMILES string of the molecule is Cc1cnn(CCn2cc(C(=O)NN)nn2)c(=O)c1. The van der Waals surface area contributed by atoms with Gasteiger partial charge in [-0.3, -0.25) is 15.0 Å². The topological polar surface area (TPSA) is 121 Å². The molecule has 2 aromatic heterocycles. The summed E-state index contributed by atoms with van der Waals surface area (Å²) in [6, 6.07) is 1.50. The summed E-state index contributed by atoms with van der Waals surface area (Å²) in [4.78, 5) is 22.8. The lowest BCUT2D eigenvalue weighted by Gasteiger charge is -2.03. The Morgan fingerprint density at radius 3 is 2.95 bits per heavy atom. The molecule has 9 heteroatoms. The smallest absolute Gasteiger partial charge is 0.287 e. The van der Waals surface area contributed by atoms with Crippen molar-refractivity contribution in [3.8, 4) is 0 Å². The van der Waals surface area contributed by atoms with Gasteiger partial charge in [-0.05, 0) is 12.5 Å². The molecule has 0 saturated carbocycles. The zero-order valence-corrected chi connectivity index (χ0v) is 10.3. The molecular formula is C10H13N7O2. The number of hydrazine groups is 1. The van der Waals surface area contributed by atoms with Crippen molar-refractivity contribution in [1.82, 2.24) is 30.2 Å². The molecule has 0 aliphatic rings. The van der Waals surface area contributed by atoms with Crippen molar-refractivity contribution >= 4 is 5.91 Å². The van der Waals surface area contributed by atoms with Crippen molar-refractivity contribution in [2.45, 2.75) is 20.0 Å². The zero-order chi connectivity index (χ0) is 13.8. The molecule has 19 heavy (non-hydrogen) atoms. The summed E-state index contributed by atoms with van der Waals surface area (Å²) in [6.45, 7) is 2.51. The third kappa shape index (κ3) is 3.01. The molecule has 1 amide bonds. The van der Waals surface area contributed by atoms with Gasteiger partial charge in [0, 0.05) is 6.07 Å². The van der Waals surface area contributed by atoms with E-state index in [1.807, 2.05) is 5.43 Å². The lowest BCUT2D eigenvalue weighted by molar-refractivity contribution is 0.0948. The highest BCUT2D eigenvalue weighted by molar-refractivity contribution is 5.91. The Balaban J connectivity index is 2.04.